The predicted octanol–water partition coefficient (Wildman–Crippen LogP) is 3.35. The van der Waals surface area contributed by atoms with E-state index in [-0.39, 0.29) is 5.91 Å². The van der Waals surface area contributed by atoms with Crippen LogP contribution in [0.15, 0.2) is 40.8 Å². The Hall–Kier alpha value is -2.49. The maximum Gasteiger partial charge on any atom is 0.259 e. The van der Waals surface area contributed by atoms with E-state index >= 15 is 0 Å². The van der Waals surface area contributed by atoms with E-state index in [0.29, 0.717) is 11.4 Å². The lowest BCUT2D eigenvalue weighted by Gasteiger charge is -2.14. The average molecular weight is 282 g/mol. The van der Waals surface area contributed by atoms with Crippen LogP contribution in [0.3, 0.4) is 0 Å². The highest BCUT2D eigenvalue weighted by Crippen LogP contribution is 2.35. The first-order valence-corrected chi connectivity index (χ1v) is 6.83. The summed E-state index contributed by atoms with van der Waals surface area (Å²) in [5.74, 6) is 0.548. The van der Waals surface area contributed by atoms with Crippen LogP contribution in [0.4, 0.5) is 5.88 Å². The Kier molecular flexibility index (Phi) is 3.09. The van der Waals surface area contributed by atoms with Gasteiger partial charge in [-0.1, -0.05) is 24.3 Å². The molecule has 108 valence electrons. The Morgan fingerprint density at radius 2 is 1.62 bits per heavy atom. The van der Waals surface area contributed by atoms with Gasteiger partial charge in [-0.25, -0.2) is 0 Å². The number of nitrogens with zero attached hydrogens (tertiary/aromatic N) is 2. The van der Waals surface area contributed by atoms with Crippen molar-refractivity contribution in [1.82, 2.24) is 4.90 Å². The number of amides is 1. The van der Waals surface area contributed by atoms with E-state index in [1.54, 1.807) is 19.0 Å². The van der Waals surface area contributed by atoms with Crippen molar-refractivity contribution in [3.05, 3.63) is 42.0 Å². The van der Waals surface area contributed by atoms with E-state index in [9.17, 15) is 4.79 Å². The van der Waals surface area contributed by atoms with Crippen LogP contribution >= 0.6 is 0 Å². The first-order valence-electron chi connectivity index (χ1n) is 6.83. The number of carbonyl (C=O) groups excluding carboxylic acids is 1. The largest absolute Gasteiger partial charge is 0.440 e. The second-order valence-electron chi connectivity index (χ2n) is 5.57. The third-order valence-electron chi connectivity index (χ3n) is 3.56. The summed E-state index contributed by atoms with van der Waals surface area (Å²) in [4.78, 5) is 15.9. The Morgan fingerprint density at radius 3 is 2.19 bits per heavy atom. The molecule has 3 aromatic rings. The lowest BCUT2D eigenvalue weighted by Crippen LogP contribution is -2.23. The maximum absolute atomic E-state index is 12.5. The van der Waals surface area contributed by atoms with Gasteiger partial charge in [0.2, 0.25) is 5.88 Å². The number of anilines is 1. The number of benzene rings is 2. The van der Waals surface area contributed by atoms with Gasteiger partial charge in [0.25, 0.3) is 5.91 Å². The van der Waals surface area contributed by atoms with Crippen molar-refractivity contribution < 1.29 is 9.21 Å². The quantitative estimate of drug-likeness (QED) is 0.723. The fourth-order valence-electron chi connectivity index (χ4n) is 2.51. The standard InChI is InChI=1S/C17H18N2O2/c1-18(2)16(20)15-13-9-11-7-5-6-8-12(11)10-14(13)21-17(15)19(3)4/h5-10H,1-4H3. The second-order valence-corrected chi connectivity index (χ2v) is 5.57. The van der Waals surface area contributed by atoms with Gasteiger partial charge in [0.05, 0.1) is 0 Å². The lowest BCUT2D eigenvalue weighted by atomic mass is 10.1. The van der Waals surface area contributed by atoms with Crippen LogP contribution in [0.5, 0.6) is 0 Å². The van der Waals surface area contributed by atoms with E-state index in [1.807, 2.05) is 55.4 Å². The van der Waals surface area contributed by atoms with Gasteiger partial charge in [0, 0.05) is 33.6 Å². The molecule has 0 atom stereocenters. The first kappa shape index (κ1) is 13.5. The van der Waals surface area contributed by atoms with Gasteiger partial charge >= 0.3 is 0 Å². The minimum atomic E-state index is -0.0484. The van der Waals surface area contributed by atoms with Gasteiger partial charge in [-0.2, -0.15) is 0 Å². The molecule has 2 aromatic carbocycles. The van der Waals surface area contributed by atoms with Crippen LogP contribution in [-0.4, -0.2) is 39.0 Å². The molecule has 0 spiro atoms. The Labute approximate surface area is 123 Å². The fourth-order valence-corrected chi connectivity index (χ4v) is 2.51. The van der Waals surface area contributed by atoms with Crippen molar-refractivity contribution in [2.45, 2.75) is 0 Å². The molecule has 0 bridgehead atoms. The summed E-state index contributed by atoms with van der Waals surface area (Å²) in [5.41, 5.74) is 1.35. The summed E-state index contributed by atoms with van der Waals surface area (Å²) in [6.07, 6.45) is 0. The van der Waals surface area contributed by atoms with Crippen molar-refractivity contribution >= 4 is 33.5 Å². The first-order chi connectivity index (χ1) is 9.99. The molecule has 1 heterocycles. The SMILES string of the molecule is CN(C)C(=O)c1c(N(C)C)oc2cc3ccccc3cc12. The minimum absolute atomic E-state index is 0.0484. The zero-order chi connectivity index (χ0) is 15.1. The van der Waals surface area contributed by atoms with Crippen LogP contribution < -0.4 is 4.90 Å². The zero-order valence-electron chi connectivity index (χ0n) is 12.7. The van der Waals surface area contributed by atoms with Crippen molar-refractivity contribution in [2.75, 3.05) is 33.1 Å². The van der Waals surface area contributed by atoms with Gasteiger partial charge in [0.1, 0.15) is 11.1 Å². The van der Waals surface area contributed by atoms with Gasteiger partial charge in [-0.3, -0.25) is 4.79 Å². The van der Waals surface area contributed by atoms with Gasteiger partial charge in [-0.05, 0) is 22.9 Å². The van der Waals surface area contributed by atoms with E-state index in [4.69, 9.17) is 4.42 Å². The highest BCUT2D eigenvalue weighted by Gasteiger charge is 2.23. The monoisotopic (exact) mass is 282 g/mol. The molecule has 3 rings (SSSR count). The molecule has 0 aliphatic heterocycles. The molecule has 4 heteroatoms. The average Bonchev–Trinajstić information content (AvgIpc) is 2.82. The summed E-state index contributed by atoms with van der Waals surface area (Å²) < 4.78 is 5.92. The number of hydrogen-bond donors (Lipinski definition) is 0. The number of fused-ring (bicyclic) bond motifs is 2. The topological polar surface area (TPSA) is 36.7 Å². The molecule has 0 fully saturated rings. The summed E-state index contributed by atoms with van der Waals surface area (Å²) in [7, 11) is 7.26. The summed E-state index contributed by atoms with van der Waals surface area (Å²) in [5, 5.41) is 3.06. The van der Waals surface area contributed by atoms with Crippen molar-refractivity contribution in [3.8, 4) is 0 Å². The minimum Gasteiger partial charge on any atom is -0.440 e. The molecule has 21 heavy (non-hydrogen) atoms. The summed E-state index contributed by atoms with van der Waals surface area (Å²) in [6.45, 7) is 0. The number of hydrogen-bond acceptors (Lipinski definition) is 3. The number of furan rings is 1. The third-order valence-corrected chi connectivity index (χ3v) is 3.56. The zero-order valence-corrected chi connectivity index (χ0v) is 12.7. The normalized spacial score (nSPS) is 11.0. The maximum atomic E-state index is 12.5. The molecule has 0 N–H and O–H groups in total. The highest BCUT2D eigenvalue weighted by molar-refractivity contribution is 6.13. The third kappa shape index (κ3) is 2.13. The van der Waals surface area contributed by atoms with Gasteiger partial charge in [0.15, 0.2) is 0 Å². The molecule has 0 saturated carbocycles. The van der Waals surface area contributed by atoms with Crippen LogP contribution in [-0.2, 0) is 0 Å². The fraction of sp³-hybridized carbons (Fsp3) is 0.235. The molecule has 0 aliphatic rings. The van der Waals surface area contributed by atoms with Gasteiger partial charge in [-0.15, -0.1) is 0 Å². The molecule has 1 amide bonds. The molecule has 1 aromatic heterocycles. The van der Waals surface area contributed by atoms with Crippen molar-refractivity contribution in [2.24, 2.45) is 0 Å². The lowest BCUT2D eigenvalue weighted by molar-refractivity contribution is 0.0829. The molecule has 4 nitrogen and oxygen atoms in total. The second kappa shape index (κ2) is 4.81. The molecule has 0 unspecified atom stereocenters. The Bertz CT molecular complexity index is 831. The Balaban J connectivity index is 2.38. The number of rotatable bonds is 2. The van der Waals surface area contributed by atoms with E-state index in [2.05, 4.69) is 0 Å². The smallest absolute Gasteiger partial charge is 0.259 e. The van der Waals surface area contributed by atoms with Crippen LogP contribution in [0.2, 0.25) is 0 Å². The molecule has 0 saturated heterocycles. The van der Waals surface area contributed by atoms with Crippen LogP contribution in [0.1, 0.15) is 10.4 Å². The molecular formula is C17H18N2O2. The van der Waals surface area contributed by atoms with E-state index < -0.39 is 0 Å². The summed E-state index contributed by atoms with van der Waals surface area (Å²) in [6, 6.07) is 12.1. The number of carbonyl (C=O) groups is 1. The Morgan fingerprint density at radius 1 is 1.00 bits per heavy atom. The molecular weight excluding hydrogens is 264 g/mol. The molecule has 0 radical (unpaired) electrons. The summed E-state index contributed by atoms with van der Waals surface area (Å²) >= 11 is 0. The van der Waals surface area contributed by atoms with Crippen molar-refractivity contribution in [3.63, 3.8) is 0 Å². The van der Waals surface area contributed by atoms with E-state index in [0.717, 1.165) is 21.7 Å². The predicted molar refractivity (Wildman–Crippen MR) is 86.1 cm³/mol. The van der Waals surface area contributed by atoms with Gasteiger partial charge < -0.3 is 14.2 Å². The van der Waals surface area contributed by atoms with Crippen LogP contribution in [0.25, 0.3) is 21.7 Å². The van der Waals surface area contributed by atoms with Crippen molar-refractivity contribution in [1.29, 1.82) is 0 Å². The molecule has 0 aliphatic carbocycles. The highest BCUT2D eigenvalue weighted by atomic mass is 16.4. The van der Waals surface area contributed by atoms with E-state index in [1.165, 1.54) is 0 Å². The van der Waals surface area contributed by atoms with Crippen LogP contribution in [0, 0.1) is 0 Å².